The summed E-state index contributed by atoms with van der Waals surface area (Å²) >= 11 is 0. The van der Waals surface area contributed by atoms with E-state index in [-0.39, 0.29) is 11.3 Å². The normalized spacial score (nSPS) is 10.3. The molecule has 0 aliphatic rings. The lowest BCUT2D eigenvalue weighted by Crippen LogP contribution is -2.05. The minimum atomic E-state index is -0.777. The van der Waals surface area contributed by atoms with Crippen molar-refractivity contribution in [1.29, 1.82) is 0 Å². The van der Waals surface area contributed by atoms with E-state index in [1.165, 1.54) is 6.07 Å². The summed E-state index contributed by atoms with van der Waals surface area (Å²) in [6.45, 7) is 1.74. The van der Waals surface area contributed by atoms with E-state index < -0.39 is 17.4 Å². The van der Waals surface area contributed by atoms with Gasteiger partial charge in [0.05, 0.1) is 0 Å². The summed E-state index contributed by atoms with van der Waals surface area (Å²) in [7, 11) is 0. The van der Waals surface area contributed by atoms with Crippen molar-refractivity contribution in [3.8, 4) is 0 Å². The Morgan fingerprint density at radius 1 is 1.12 bits per heavy atom. The predicted octanol–water partition coefficient (Wildman–Crippen LogP) is 2.90. The van der Waals surface area contributed by atoms with Crippen molar-refractivity contribution in [2.75, 3.05) is 0 Å². The molecule has 0 aliphatic heterocycles. The molecule has 0 spiro atoms. The van der Waals surface area contributed by atoms with Crippen molar-refractivity contribution in [3.05, 3.63) is 65.0 Å². The van der Waals surface area contributed by atoms with E-state index in [0.29, 0.717) is 5.69 Å². The highest BCUT2D eigenvalue weighted by molar-refractivity contribution is 6.07. The van der Waals surface area contributed by atoms with Gasteiger partial charge in [-0.2, -0.15) is 0 Å². The fourth-order valence-corrected chi connectivity index (χ4v) is 1.50. The highest BCUT2D eigenvalue weighted by Crippen LogP contribution is 2.12. The molecule has 2 rings (SSSR count). The molecule has 0 atom stereocenters. The van der Waals surface area contributed by atoms with Crippen LogP contribution in [0.4, 0.5) is 8.78 Å². The zero-order chi connectivity index (χ0) is 12.4. The quantitative estimate of drug-likeness (QED) is 0.746. The molecule has 0 saturated carbocycles. The van der Waals surface area contributed by atoms with Gasteiger partial charge < -0.3 is 0 Å². The maximum Gasteiger partial charge on any atom is 0.211 e. The number of rotatable bonds is 2. The largest absolute Gasteiger partial charge is 0.287 e. The van der Waals surface area contributed by atoms with Crippen LogP contribution in [0, 0.1) is 18.6 Å². The van der Waals surface area contributed by atoms with Crippen LogP contribution in [-0.2, 0) is 0 Å². The summed E-state index contributed by atoms with van der Waals surface area (Å²) in [5.74, 6) is -2.05. The van der Waals surface area contributed by atoms with Crippen molar-refractivity contribution in [2.24, 2.45) is 0 Å². The van der Waals surface area contributed by atoms with Crippen LogP contribution in [0.2, 0.25) is 0 Å². The Hall–Kier alpha value is -2.10. The minimum Gasteiger partial charge on any atom is -0.287 e. The molecule has 0 radical (unpaired) electrons. The van der Waals surface area contributed by atoms with Crippen molar-refractivity contribution in [2.45, 2.75) is 6.92 Å². The van der Waals surface area contributed by atoms with Gasteiger partial charge in [0.25, 0.3) is 0 Å². The van der Waals surface area contributed by atoms with Gasteiger partial charge in [0.15, 0.2) is 0 Å². The van der Waals surface area contributed by atoms with Gasteiger partial charge in [0.1, 0.15) is 17.3 Å². The van der Waals surface area contributed by atoms with Crippen LogP contribution in [0.25, 0.3) is 0 Å². The zero-order valence-corrected chi connectivity index (χ0v) is 9.08. The molecule has 2 nitrogen and oxygen atoms in total. The number of benzene rings is 1. The second kappa shape index (κ2) is 4.41. The van der Waals surface area contributed by atoms with Gasteiger partial charge in [-0.15, -0.1) is 0 Å². The van der Waals surface area contributed by atoms with E-state index in [0.717, 1.165) is 18.2 Å². The molecule has 1 heterocycles. The van der Waals surface area contributed by atoms with Crippen LogP contribution < -0.4 is 0 Å². The lowest BCUT2D eigenvalue weighted by molar-refractivity contribution is 0.103. The molecular weight excluding hydrogens is 224 g/mol. The van der Waals surface area contributed by atoms with Crippen molar-refractivity contribution >= 4 is 5.78 Å². The van der Waals surface area contributed by atoms with E-state index in [1.807, 2.05) is 0 Å². The zero-order valence-electron chi connectivity index (χ0n) is 9.08. The number of aryl methyl sites for hydroxylation is 1. The van der Waals surface area contributed by atoms with Crippen LogP contribution >= 0.6 is 0 Å². The first-order valence-electron chi connectivity index (χ1n) is 5.01. The summed E-state index contributed by atoms with van der Waals surface area (Å²) in [4.78, 5) is 15.9. The monoisotopic (exact) mass is 233 g/mol. The van der Waals surface area contributed by atoms with Crippen molar-refractivity contribution in [1.82, 2.24) is 4.98 Å². The number of pyridine rings is 1. The lowest BCUT2D eigenvalue weighted by atomic mass is 10.1. The van der Waals surface area contributed by atoms with Crippen LogP contribution in [0.3, 0.4) is 0 Å². The molecule has 0 bridgehead atoms. The average Bonchev–Trinajstić information content (AvgIpc) is 2.26. The standard InChI is InChI=1S/C13H9F2NO/c1-8-3-2-4-12(16-8)13(17)9-5-10(14)7-11(15)6-9/h2-7H,1H3. The Morgan fingerprint density at radius 3 is 2.35 bits per heavy atom. The number of hydrogen-bond acceptors (Lipinski definition) is 2. The summed E-state index contributed by atoms with van der Waals surface area (Å²) in [5.41, 5.74) is 0.809. The molecule has 1 aromatic carbocycles. The predicted molar refractivity (Wildman–Crippen MR) is 58.8 cm³/mol. The average molecular weight is 233 g/mol. The maximum atomic E-state index is 13.0. The van der Waals surface area contributed by atoms with Crippen LogP contribution in [0.1, 0.15) is 21.7 Å². The summed E-state index contributed by atoms with van der Waals surface area (Å²) in [5, 5.41) is 0. The van der Waals surface area contributed by atoms with Crippen LogP contribution in [0.15, 0.2) is 36.4 Å². The Balaban J connectivity index is 2.43. The van der Waals surface area contributed by atoms with E-state index in [2.05, 4.69) is 4.98 Å². The first-order valence-corrected chi connectivity index (χ1v) is 5.01. The number of aromatic nitrogens is 1. The summed E-state index contributed by atoms with van der Waals surface area (Å²) < 4.78 is 25.9. The van der Waals surface area contributed by atoms with Crippen molar-refractivity contribution in [3.63, 3.8) is 0 Å². The van der Waals surface area contributed by atoms with Crippen molar-refractivity contribution < 1.29 is 13.6 Å². The van der Waals surface area contributed by atoms with E-state index >= 15 is 0 Å². The second-order valence-electron chi connectivity index (χ2n) is 3.65. The van der Waals surface area contributed by atoms with Gasteiger partial charge in [-0.25, -0.2) is 13.8 Å². The maximum absolute atomic E-state index is 13.0. The highest BCUT2D eigenvalue weighted by atomic mass is 19.1. The summed E-state index contributed by atoms with van der Waals surface area (Å²) in [6.07, 6.45) is 0. The second-order valence-corrected chi connectivity index (χ2v) is 3.65. The Labute approximate surface area is 96.9 Å². The molecule has 0 unspecified atom stereocenters. The molecule has 2 aromatic rings. The molecule has 0 N–H and O–H groups in total. The number of ketones is 1. The molecule has 0 aliphatic carbocycles. The lowest BCUT2D eigenvalue weighted by Gasteiger charge is -2.02. The van der Waals surface area contributed by atoms with E-state index in [9.17, 15) is 13.6 Å². The molecule has 17 heavy (non-hydrogen) atoms. The molecular formula is C13H9F2NO. The number of halogens is 2. The van der Waals surface area contributed by atoms with Gasteiger partial charge in [0.2, 0.25) is 5.78 Å². The van der Waals surface area contributed by atoms with Crippen LogP contribution in [-0.4, -0.2) is 10.8 Å². The Bertz CT molecular complexity index is 561. The van der Waals surface area contributed by atoms with E-state index in [1.54, 1.807) is 19.1 Å². The molecule has 86 valence electrons. The third kappa shape index (κ3) is 2.53. The fourth-order valence-electron chi connectivity index (χ4n) is 1.50. The topological polar surface area (TPSA) is 30.0 Å². The molecule has 0 amide bonds. The third-order valence-corrected chi connectivity index (χ3v) is 2.25. The first kappa shape index (κ1) is 11.4. The van der Waals surface area contributed by atoms with Gasteiger partial charge in [0, 0.05) is 17.3 Å². The number of nitrogens with zero attached hydrogens (tertiary/aromatic N) is 1. The minimum absolute atomic E-state index is 0.0411. The Morgan fingerprint density at radius 2 is 1.76 bits per heavy atom. The molecule has 4 heteroatoms. The first-order chi connectivity index (χ1) is 8.06. The summed E-state index contributed by atoms with van der Waals surface area (Å²) in [6, 6.07) is 7.64. The van der Waals surface area contributed by atoms with Gasteiger partial charge >= 0.3 is 0 Å². The van der Waals surface area contributed by atoms with E-state index in [4.69, 9.17) is 0 Å². The fraction of sp³-hybridized carbons (Fsp3) is 0.0769. The Kier molecular flexibility index (Phi) is 2.95. The molecule has 0 saturated heterocycles. The highest BCUT2D eigenvalue weighted by Gasteiger charge is 2.12. The van der Waals surface area contributed by atoms with Crippen LogP contribution in [0.5, 0.6) is 0 Å². The van der Waals surface area contributed by atoms with Gasteiger partial charge in [-0.1, -0.05) is 6.07 Å². The van der Waals surface area contributed by atoms with Gasteiger partial charge in [-0.05, 0) is 31.2 Å². The third-order valence-electron chi connectivity index (χ3n) is 2.25. The number of carbonyl (C=O) groups excluding carboxylic acids is 1. The molecule has 0 fully saturated rings. The smallest absolute Gasteiger partial charge is 0.211 e. The number of carbonyl (C=O) groups is 1. The molecule has 1 aromatic heterocycles. The number of hydrogen-bond donors (Lipinski definition) is 0. The van der Waals surface area contributed by atoms with Gasteiger partial charge in [-0.3, -0.25) is 4.79 Å². The SMILES string of the molecule is Cc1cccc(C(=O)c2cc(F)cc(F)c2)n1.